The molecule has 0 saturated heterocycles. The van der Waals surface area contributed by atoms with E-state index < -0.39 is 5.97 Å². The number of aromatic nitrogens is 2. The maximum absolute atomic E-state index is 13.1. The SMILES string of the molecule is O=C(O)c1cnn(-c2ccccc2)c1-c1ccc(F)cc1. The Hall–Kier alpha value is -2.95. The summed E-state index contributed by atoms with van der Waals surface area (Å²) in [6.45, 7) is 0. The number of rotatable bonds is 3. The molecule has 0 radical (unpaired) electrons. The molecule has 21 heavy (non-hydrogen) atoms. The summed E-state index contributed by atoms with van der Waals surface area (Å²) in [6, 6.07) is 14.9. The van der Waals surface area contributed by atoms with Gasteiger partial charge >= 0.3 is 5.97 Å². The fraction of sp³-hybridized carbons (Fsp3) is 0. The topological polar surface area (TPSA) is 55.1 Å². The van der Waals surface area contributed by atoms with Gasteiger partial charge in [0.1, 0.15) is 11.4 Å². The lowest BCUT2D eigenvalue weighted by molar-refractivity contribution is 0.0697. The molecule has 0 bridgehead atoms. The van der Waals surface area contributed by atoms with E-state index in [1.54, 1.807) is 0 Å². The number of nitrogens with zero attached hydrogens (tertiary/aromatic N) is 2. The van der Waals surface area contributed by atoms with Crippen LogP contribution in [0.3, 0.4) is 0 Å². The van der Waals surface area contributed by atoms with Gasteiger partial charge in [0, 0.05) is 5.56 Å². The van der Waals surface area contributed by atoms with Crippen LogP contribution in [0.4, 0.5) is 4.39 Å². The Balaban J connectivity index is 2.23. The summed E-state index contributed by atoms with van der Waals surface area (Å²) in [5.74, 6) is -1.45. The molecule has 0 spiro atoms. The van der Waals surface area contributed by atoms with Gasteiger partial charge in [-0.3, -0.25) is 0 Å². The number of halogens is 1. The maximum atomic E-state index is 13.1. The third-order valence-electron chi connectivity index (χ3n) is 3.12. The molecule has 0 atom stereocenters. The van der Waals surface area contributed by atoms with Crippen molar-refractivity contribution in [1.82, 2.24) is 9.78 Å². The molecule has 2 aromatic carbocycles. The normalized spacial score (nSPS) is 10.5. The third-order valence-corrected chi connectivity index (χ3v) is 3.12. The van der Waals surface area contributed by atoms with Crippen molar-refractivity contribution in [2.24, 2.45) is 0 Å². The zero-order valence-corrected chi connectivity index (χ0v) is 10.9. The van der Waals surface area contributed by atoms with Gasteiger partial charge in [0.25, 0.3) is 0 Å². The van der Waals surface area contributed by atoms with E-state index in [9.17, 15) is 14.3 Å². The van der Waals surface area contributed by atoms with Crippen molar-refractivity contribution in [3.8, 4) is 16.9 Å². The first-order chi connectivity index (χ1) is 10.2. The van der Waals surface area contributed by atoms with Gasteiger partial charge in [0.05, 0.1) is 17.6 Å². The molecule has 0 fully saturated rings. The van der Waals surface area contributed by atoms with E-state index in [1.807, 2.05) is 30.3 Å². The molecule has 104 valence electrons. The second kappa shape index (κ2) is 5.20. The summed E-state index contributed by atoms with van der Waals surface area (Å²) in [7, 11) is 0. The molecule has 3 aromatic rings. The van der Waals surface area contributed by atoms with Gasteiger partial charge in [-0.05, 0) is 36.4 Å². The molecule has 0 amide bonds. The van der Waals surface area contributed by atoms with Gasteiger partial charge in [-0.2, -0.15) is 5.10 Å². The maximum Gasteiger partial charge on any atom is 0.339 e. The lowest BCUT2D eigenvalue weighted by Crippen LogP contribution is -2.02. The Morgan fingerprint density at radius 3 is 2.33 bits per heavy atom. The lowest BCUT2D eigenvalue weighted by Gasteiger charge is -2.08. The minimum Gasteiger partial charge on any atom is -0.478 e. The highest BCUT2D eigenvalue weighted by molar-refractivity contribution is 5.95. The first-order valence-electron chi connectivity index (χ1n) is 6.29. The van der Waals surface area contributed by atoms with Crippen LogP contribution in [-0.4, -0.2) is 20.9 Å². The number of hydrogen-bond acceptors (Lipinski definition) is 2. The van der Waals surface area contributed by atoms with Crippen LogP contribution < -0.4 is 0 Å². The lowest BCUT2D eigenvalue weighted by atomic mass is 10.1. The largest absolute Gasteiger partial charge is 0.478 e. The summed E-state index contributed by atoms with van der Waals surface area (Å²) in [6.07, 6.45) is 1.30. The molecule has 0 unspecified atom stereocenters. The summed E-state index contributed by atoms with van der Waals surface area (Å²) in [5.41, 5.74) is 1.83. The fourth-order valence-electron chi connectivity index (χ4n) is 2.16. The second-order valence-corrected chi connectivity index (χ2v) is 4.47. The van der Waals surface area contributed by atoms with Crippen molar-refractivity contribution in [2.75, 3.05) is 0 Å². The molecule has 0 aliphatic heterocycles. The Labute approximate surface area is 120 Å². The van der Waals surface area contributed by atoms with Gasteiger partial charge in [-0.25, -0.2) is 13.9 Å². The quantitative estimate of drug-likeness (QED) is 0.801. The monoisotopic (exact) mass is 282 g/mol. The van der Waals surface area contributed by atoms with Crippen molar-refractivity contribution < 1.29 is 14.3 Å². The van der Waals surface area contributed by atoms with Crippen LogP contribution in [0.5, 0.6) is 0 Å². The number of carboxylic acids is 1. The van der Waals surface area contributed by atoms with Gasteiger partial charge in [-0.1, -0.05) is 18.2 Å². The average molecular weight is 282 g/mol. The molecule has 3 rings (SSSR count). The number of hydrogen-bond donors (Lipinski definition) is 1. The smallest absolute Gasteiger partial charge is 0.339 e. The molecule has 5 heteroatoms. The minimum absolute atomic E-state index is 0.0745. The molecule has 1 N–H and O–H groups in total. The van der Waals surface area contributed by atoms with Gasteiger partial charge in [-0.15, -0.1) is 0 Å². The van der Waals surface area contributed by atoms with Crippen LogP contribution in [0.2, 0.25) is 0 Å². The standard InChI is InChI=1S/C16H11FN2O2/c17-12-8-6-11(7-9-12)15-14(16(20)21)10-18-19(15)13-4-2-1-3-5-13/h1-10H,(H,20,21). The predicted molar refractivity (Wildman–Crippen MR) is 75.9 cm³/mol. The highest BCUT2D eigenvalue weighted by Crippen LogP contribution is 2.26. The van der Waals surface area contributed by atoms with Crippen LogP contribution in [0.1, 0.15) is 10.4 Å². The van der Waals surface area contributed by atoms with Gasteiger partial charge in [0.15, 0.2) is 0 Å². The molecule has 0 aliphatic carbocycles. The highest BCUT2D eigenvalue weighted by Gasteiger charge is 2.19. The van der Waals surface area contributed by atoms with Crippen LogP contribution in [0.15, 0.2) is 60.8 Å². The van der Waals surface area contributed by atoms with E-state index in [-0.39, 0.29) is 11.4 Å². The summed E-state index contributed by atoms with van der Waals surface area (Å²) in [5, 5.41) is 13.5. The molecular weight excluding hydrogens is 271 g/mol. The zero-order chi connectivity index (χ0) is 14.8. The average Bonchev–Trinajstić information content (AvgIpc) is 2.94. The molecule has 0 saturated carbocycles. The summed E-state index contributed by atoms with van der Waals surface area (Å²) in [4.78, 5) is 11.4. The Bertz CT molecular complexity index is 780. The van der Waals surface area contributed by atoms with Gasteiger partial charge in [0.2, 0.25) is 0 Å². The van der Waals surface area contributed by atoms with E-state index >= 15 is 0 Å². The Morgan fingerprint density at radius 2 is 1.71 bits per heavy atom. The van der Waals surface area contributed by atoms with Crippen LogP contribution in [0, 0.1) is 5.82 Å². The first-order valence-corrected chi connectivity index (χ1v) is 6.29. The predicted octanol–water partition coefficient (Wildman–Crippen LogP) is 3.38. The highest BCUT2D eigenvalue weighted by atomic mass is 19.1. The summed E-state index contributed by atoms with van der Waals surface area (Å²) < 4.78 is 14.6. The van der Waals surface area contributed by atoms with E-state index in [2.05, 4.69) is 5.10 Å². The molecule has 4 nitrogen and oxygen atoms in total. The van der Waals surface area contributed by atoms with E-state index in [1.165, 1.54) is 35.1 Å². The van der Waals surface area contributed by atoms with E-state index in [0.717, 1.165) is 5.69 Å². The number of carbonyl (C=O) groups is 1. The zero-order valence-electron chi connectivity index (χ0n) is 10.9. The number of carboxylic acid groups (broad SMARTS) is 1. The fourth-order valence-corrected chi connectivity index (χ4v) is 2.16. The molecule has 1 heterocycles. The second-order valence-electron chi connectivity index (χ2n) is 4.47. The summed E-state index contributed by atoms with van der Waals surface area (Å²) >= 11 is 0. The van der Waals surface area contributed by atoms with Crippen LogP contribution in [0.25, 0.3) is 16.9 Å². The number of aromatic carboxylic acids is 1. The van der Waals surface area contributed by atoms with Crippen molar-refractivity contribution in [3.63, 3.8) is 0 Å². The van der Waals surface area contributed by atoms with Crippen molar-refractivity contribution in [3.05, 3.63) is 72.2 Å². The Kier molecular flexibility index (Phi) is 3.23. The number of benzene rings is 2. The van der Waals surface area contributed by atoms with Crippen molar-refractivity contribution >= 4 is 5.97 Å². The first kappa shape index (κ1) is 13.1. The molecule has 1 aromatic heterocycles. The minimum atomic E-state index is -1.07. The van der Waals surface area contributed by atoms with Crippen molar-refractivity contribution in [2.45, 2.75) is 0 Å². The van der Waals surface area contributed by atoms with Crippen molar-refractivity contribution in [1.29, 1.82) is 0 Å². The van der Waals surface area contributed by atoms with E-state index in [4.69, 9.17) is 0 Å². The Morgan fingerprint density at radius 1 is 1.05 bits per heavy atom. The van der Waals surface area contributed by atoms with E-state index in [0.29, 0.717) is 11.3 Å². The van der Waals surface area contributed by atoms with Crippen LogP contribution in [-0.2, 0) is 0 Å². The number of para-hydroxylation sites is 1. The molecular formula is C16H11FN2O2. The van der Waals surface area contributed by atoms with Gasteiger partial charge < -0.3 is 5.11 Å². The third kappa shape index (κ3) is 2.41. The molecule has 0 aliphatic rings. The van der Waals surface area contributed by atoms with Crippen LogP contribution >= 0.6 is 0 Å².